The van der Waals surface area contributed by atoms with Crippen molar-refractivity contribution in [1.82, 2.24) is 0 Å². The standard InChI is InChI=1S/C20H15NO8/c1-6-7-3-2-4-9(22)12(7)16(25)14-11(6)15(24)8-5-10(23)13(19(21)28)17(26)20(8,29)18(14)27/h2-5,13,22-24,27,29H,1H3,(H2,21,28). The second-order valence-corrected chi connectivity index (χ2v) is 6.99. The van der Waals surface area contributed by atoms with Crippen molar-refractivity contribution in [3.63, 3.8) is 0 Å². The fourth-order valence-electron chi connectivity index (χ4n) is 4.06. The first-order valence-electron chi connectivity index (χ1n) is 8.46. The van der Waals surface area contributed by atoms with Gasteiger partial charge in [0, 0.05) is 11.1 Å². The average molecular weight is 397 g/mol. The number of hydrogen-bond acceptors (Lipinski definition) is 8. The Bertz CT molecular complexity index is 1180. The first-order valence-corrected chi connectivity index (χ1v) is 8.46. The minimum Gasteiger partial charge on any atom is -0.511 e. The molecule has 29 heavy (non-hydrogen) atoms. The van der Waals surface area contributed by atoms with E-state index in [-0.39, 0.29) is 22.3 Å². The molecule has 4 rings (SSSR count). The van der Waals surface area contributed by atoms with Crippen molar-refractivity contribution >= 4 is 23.0 Å². The van der Waals surface area contributed by atoms with Crippen molar-refractivity contribution in [1.29, 1.82) is 0 Å². The van der Waals surface area contributed by atoms with E-state index in [2.05, 4.69) is 0 Å². The molecule has 2 unspecified atom stereocenters. The lowest BCUT2D eigenvalue weighted by Crippen LogP contribution is -2.54. The number of phenols is 1. The van der Waals surface area contributed by atoms with E-state index in [1.54, 1.807) is 0 Å². The smallest absolute Gasteiger partial charge is 0.235 e. The summed E-state index contributed by atoms with van der Waals surface area (Å²) < 4.78 is 0. The van der Waals surface area contributed by atoms with Gasteiger partial charge in [0.25, 0.3) is 0 Å². The summed E-state index contributed by atoms with van der Waals surface area (Å²) in [5.74, 6) is -8.68. The van der Waals surface area contributed by atoms with Crippen LogP contribution in [-0.4, -0.2) is 48.6 Å². The van der Waals surface area contributed by atoms with Crippen molar-refractivity contribution in [2.75, 3.05) is 0 Å². The van der Waals surface area contributed by atoms with Gasteiger partial charge < -0.3 is 31.3 Å². The molecule has 0 aliphatic heterocycles. The normalized spacial score (nSPS) is 26.1. The Labute approximate surface area is 163 Å². The summed E-state index contributed by atoms with van der Waals surface area (Å²) in [6, 6.07) is 4.25. The molecular formula is C20H15NO8. The van der Waals surface area contributed by atoms with Crippen LogP contribution in [0.2, 0.25) is 0 Å². The number of ketones is 2. The molecule has 1 amide bonds. The predicted octanol–water partition coefficient (Wildman–Crippen LogP) is 0.857. The Kier molecular flexibility index (Phi) is 3.56. The van der Waals surface area contributed by atoms with Crippen LogP contribution in [0.1, 0.15) is 22.8 Å². The van der Waals surface area contributed by atoms with E-state index in [9.17, 15) is 39.9 Å². The number of carbonyl (C=O) groups is 3. The van der Waals surface area contributed by atoms with Crippen LogP contribution in [0.3, 0.4) is 0 Å². The number of benzene rings is 1. The van der Waals surface area contributed by atoms with Crippen LogP contribution < -0.4 is 5.73 Å². The summed E-state index contributed by atoms with van der Waals surface area (Å²) in [6.45, 7) is 1.51. The van der Waals surface area contributed by atoms with E-state index in [1.807, 2.05) is 0 Å². The second-order valence-electron chi connectivity index (χ2n) is 6.99. The molecule has 0 radical (unpaired) electrons. The third-order valence-corrected chi connectivity index (χ3v) is 5.48. The molecule has 7 N–H and O–H groups in total. The maximum Gasteiger partial charge on any atom is 0.235 e. The fourth-order valence-corrected chi connectivity index (χ4v) is 4.06. The maximum atomic E-state index is 13.1. The molecule has 3 aliphatic carbocycles. The van der Waals surface area contributed by atoms with Crippen LogP contribution in [0.4, 0.5) is 0 Å². The highest BCUT2D eigenvalue weighted by Gasteiger charge is 2.58. The van der Waals surface area contributed by atoms with Gasteiger partial charge in [-0.25, -0.2) is 0 Å². The van der Waals surface area contributed by atoms with Gasteiger partial charge in [-0.1, -0.05) is 12.1 Å². The van der Waals surface area contributed by atoms with Crippen LogP contribution in [-0.2, 0) is 9.59 Å². The molecule has 9 nitrogen and oxygen atoms in total. The monoisotopic (exact) mass is 397 g/mol. The fraction of sp³-hybridized carbons (Fsp3) is 0.150. The lowest BCUT2D eigenvalue weighted by Gasteiger charge is -2.39. The van der Waals surface area contributed by atoms with Crippen LogP contribution in [0, 0.1) is 5.92 Å². The van der Waals surface area contributed by atoms with Gasteiger partial charge in [-0.15, -0.1) is 0 Å². The molecule has 0 fully saturated rings. The van der Waals surface area contributed by atoms with E-state index in [1.165, 1.54) is 25.1 Å². The number of aliphatic hydroxyl groups excluding tert-OH is 3. The summed E-state index contributed by atoms with van der Waals surface area (Å²) in [6.07, 6.45) is 0.766. The third-order valence-electron chi connectivity index (χ3n) is 5.48. The molecule has 0 heterocycles. The van der Waals surface area contributed by atoms with Gasteiger partial charge in [0.15, 0.2) is 11.7 Å². The van der Waals surface area contributed by atoms with Crippen LogP contribution in [0.15, 0.2) is 58.3 Å². The number of nitrogens with two attached hydrogens (primary N) is 1. The van der Waals surface area contributed by atoms with Crippen molar-refractivity contribution in [3.8, 4) is 5.75 Å². The lowest BCUT2D eigenvalue weighted by molar-refractivity contribution is -0.142. The molecule has 0 aromatic heterocycles. The number of amides is 1. The molecule has 2 atom stereocenters. The summed E-state index contributed by atoms with van der Waals surface area (Å²) >= 11 is 0. The Morgan fingerprint density at radius 2 is 1.76 bits per heavy atom. The minimum absolute atomic E-state index is 0.167. The highest BCUT2D eigenvalue weighted by molar-refractivity contribution is 6.23. The zero-order chi connectivity index (χ0) is 21.4. The summed E-state index contributed by atoms with van der Waals surface area (Å²) in [7, 11) is 0. The molecule has 9 heteroatoms. The number of hydrogen-bond donors (Lipinski definition) is 6. The molecule has 1 aromatic rings. The van der Waals surface area contributed by atoms with Gasteiger partial charge in [0.05, 0.1) is 11.1 Å². The van der Waals surface area contributed by atoms with Gasteiger partial charge in [0.2, 0.25) is 17.3 Å². The summed E-state index contributed by atoms with van der Waals surface area (Å²) in [5.41, 5.74) is 1.17. The number of Topliss-reactive ketones (excluding diaryl/α,β-unsaturated/α-hetero) is 2. The minimum atomic E-state index is -2.98. The summed E-state index contributed by atoms with van der Waals surface area (Å²) in [4.78, 5) is 37.4. The highest BCUT2D eigenvalue weighted by atomic mass is 16.4. The van der Waals surface area contributed by atoms with Crippen LogP contribution in [0.25, 0.3) is 5.57 Å². The third kappa shape index (κ3) is 2.04. The van der Waals surface area contributed by atoms with Gasteiger partial charge in [0.1, 0.15) is 23.0 Å². The summed E-state index contributed by atoms with van der Waals surface area (Å²) in [5, 5.41) is 52.8. The number of carbonyl (C=O) groups excluding carboxylic acids is 3. The molecule has 1 aromatic carbocycles. The zero-order valence-corrected chi connectivity index (χ0v) is 14.9. The number of aromatic hydroxyl groups is 1. The zero-order valence-electron chi connectivity index (χ0n) is 14.9. The van der Waals surface area contributed by atoms with Crippen molar-refractivity contribution in [3.05, 3.63) is 69.4 Å². The van der Waals surface area contributed by atoms with E-state index in [0.29, 0.717) is 0 Å². The molecular weight excluding hydrogens is 382 g/mol. The molecule has 0 bridgehead atoms. The molecule has 0 spiro atoms. The number of allylic oxidation sites excluding steroid dienone is 2. The van der Waals surface area contributed by atoms with Crippen molar-refractivity contribution in [2.24, 2.45) is 11.7 Å². The predicted molar refractivity (Wildman–Crippen MR) is 97.7 cm³/mol. The quantitative estimate of drug-likeness (QED) is 0.378. The Morgan fingerprint density at radius 3 is 2.38 bits per heavy atom. The van der Waals surface area contributed by atoms with Gasteiger partial charge >= 0.3 is 0 Å². The van der Waals surface area contributed by atoms with E-state index >= 15 is 0 Å². The second kappa shape index (κ2) is 5.58. The van der Waals surface area contributed by atoms with Crippen LogP contribution >= 0.6 is 0 Å². The van der Waals surface area contributed by atoms with E-state index in [0.717, 1.165) is 6.08 Å². The number of rotatable bonds is 1. The first kappa shape index (κ1) is 18.5. The highest BCUT2D eigenvalue weighted by Crippen LogP contribution is 2.50. The molecule has 0 saturated carbocycles. The van der Waals surface area contributed by atoms with E-state index < -0.39 is 63.2 Å². The SMILES string of the molecule is CC1=C2C(O)=C3C=C(O)C(C(N)=O)C(=O)C3(O)C(O)=C2C(=O)c2c(O)cccc21. The number of aliphatic hydroxyl groups is 4. The number of primary amides is 1. The van der Waals surface area contributed by atoms with Crippen molar-refractivity contribution in [2.45, 2.75) is 12.5 Å². The Balaban J connectivity index is 2.14. The molecule has 148 valence electrons. The molecule has 0 saturated heterocycles. The van der Waals surface area contributed by atoms with Crippen molar-refractivity contribution < 1.29 is 39.9 Å². The lowest BCUT2D eigenvalue weighted by atomic mass is 9.66. The Morgan fingerprint density at radius 1 is 1.10 bits per heavy atom. The number of phenolic OH excluding ortho intramolecular Hbond substituents is 1. The Hall–Kier alpha value is -3.85. The topological polar surface area (TPSA) is 178 Å². The van der Waals surface area contributed by atoms with Gasteiger partial charge in [-0.2, -0.15) is 0 Å². The van der Waals surface area contributed by atoms with Gasteiger partial charge in [-0.3, -0.25) is 14.4 Å². The van der Waals surface area contributed by atoms with Gasteiger partial charge in [-0.05, 0) is 30.2 Å². The largest absolute Gasteiger partial charge is 0.511 e. The maximum absolute atomic E-state index is 13.1. The average Bonchev–Trinajstić information content (AvgIpc) is 2.65. The molecule has 3 aliphatic rings. The number of fused-ring (bicyclic) bond motifs is 3. The van der Waals surface area contributed by atoms with E-state index in [4.69, 9.17) is 5.73 Å². The first-order chi connectivity index (χ1) is 13.5. The van der Waals surface area contributed by atoms with Crippen LogP contribution in [0.5, 0.6) is 5.75 Å².